The quantitative estimate of drug-likeness (QED) is 0.339. The first-order valence-electron chi connectivity index (χ1n) is 13.4. The Morgan fingerprint density at radius 2 is 1.59 bits per heavy atom. The summed E-state index contributed by atoms with van der Waals surface area (Å²) < 4.78 is 11.7. The minimum Gasteiger partial charge on any atom is -0.497 e. The van der Waals surface area contributed by atoms with Crippen LogP contribution in [0.25, 0.3) is 0 Å². The second kappa shape index (κ2) is 12.0. The second-order valence-electron chi connectivity index (χ2n) is 10.4. The predicted molar refractivity (Wildman–Crippen MR) is 160 cm³/mol. The number of piperazine rings is 1. The van der Waals surface area contributed by atoms with Crippen LogP contribution in [0.5, 0.6) is 11.5 Å². The Hall–Kier alpha value is -3.75. The van der Waals surface area contributed by atoms with Crippen LogP contribution in [-0.4, -0.2) is 72.4 Å². The van der Waals surface area contributed by atoms with Crippen molar-refractivity contribution in [3.05, 3.63) is 93.5 Å². The van der Waals surface area contributed by atoms with E-state index in [2.05, 4.69) is 0 Å². The van der Waals surface area contributed by atoms with E-state index < -0.39 is 12.1 Å². The lowest BCUT2D eigenvalue weighted by Gasteiger charge is -2.37. The fraction of sp³-hybridized carbons (Fsp3) is 0.323. The third-order valence-electron chi connectivity index (χ3n) is 7.22. The molecule has 0 unspecified atom stereocenters. The Bertz CT molecular complexity index is 1460. The SMILES string of the molecule is COc1ccc(C2=N[C@H](c3ccc(Cl)cc3)[C@H](c3ccc(Cl)cc3)N2C(=O)N2CCN(C)C(=O)C2)c(OC(C)C)c1. The number of hydrogen-bond acceptors (Lipinski definition) is 5. The summed E-state index contributed by atoms with van der Waals surface area (Å²) in [6, 6.07) is 19.1. The highest BCUT2D eigenvalue weighted by molar-refractivity contribution is 6.30. The molecule has 0 spiro atoms. The summed E-state index contributed by atoms with van der Waals surface area (Å²) >= 11 is 12.5. The van der Waals surface area contributed by atoms with Crippen LogP contribution in [0.15, 0.2) is 71.7 Å². The maximum absolute atomic E-state index is 14.5. The third kappa shape index (κ3) is 5.99. The number of benzene rings is 3. The molecule has 3 amide bonds. The van der Waals surface area contributed by atoms with Crippen molar-refractivity contribution in [3.8, 4) is 11.5 Å². The van der Waals surface area contributed by atoms with Gasteiger partial charge in [-0.3, -0.25) is 14.7 Å². The number of methoxy groups -OCH3 is 1. The molecule has 5 rings (SSSR count). The van der Waals surface area contributed by atoms with Gasteiger partial charge < -0.3 is 19.3 Å². The summed E-state index contributed by atoms with van der Waals surface area (Å²) in [4.78, 5) is 37.2. The van der Waals surface area contributed by atoms with Crippen molar-refractivity contribution in [2.75, 3.05) is 33.8 Å². The van der Waals surface area contributed by atoms with E-state index in [0.717, 1.165) is 11.1 Å². The smallest absolute Gasteiger partial charge is 0.326 e. The molecule has 41 heavy (non-hydrogen) atoms. The van der Waals surface area contributed by atoms with Gasteiger partial charge in [0.05, 0.1) is 24.8 Å². The third-order valence-corrected chi connectivity index (χ3v) is 7.72. The summed E-state index contributed by atoms with van der Waals surface area (Å²) in [6.45, 7) is 4.70. The average Bonchev–Trinajstić information content (AvgIpc) is 3.34. The van der Waals surface area contributed by atoms with Gasteiger partial charge in [-0.15, -0.1) is 0 Å². The van der Waals surface area contributed by atoms with Crippen LogP contribution in [0.1, 0.15) is 42.6 Å². The van der Waals surface area contributed by atoms with Gasteiger partial charge in [-0.2, -0.15) is 0 Å². The Morgan fingerprint density at radius 3 is 2.17 bits per heavy atom. The highest BCUT2D eigenvalue weighted by Crippen LogP contribution is 2.46. The van der Waals surface area contributed by atoms with Crippen molar-refractivity contribution in [1.82, 2.24) is 14.7 Å². The molecular formula is C31H32Cl2N4O4. The van der Waals surface area contributed by atoms with Crippen molar-refractivity contribution >= 4 is 41.0 Å². The molecule has 2 heterocycles. The van der Waals surface area contributed by atoms with E-state index in [9.17, 15) is 9.59 Å². The molecular weight excluding hydrogens is 563 g/mol. The van der Waals surface area contributed by atoms with E-state index in [1.165, 1.54) is 0 Å². The van der Waals surface area contributed by atoms with Crippen LogP contribution < -0.4 is 9.47 Å². The van der Waals surface area contributed by atoms with E-state index >= 15 is 0 Å². The molecule has 2 aliphatic rings. The van der Waals surface area contributed by atoms with E-state index in [0.29, 0.717) is 46.0 Å². The fourth-order valence-corrected chi connectivity index (χ4v) is 5.35. The molecule has 0 saturated carbocycles. The number of carbonyl (C=O) groups is 2. The number of amidine groups is 1. The molecule has 0 aliphatic carbocycles. The molecule has 2 atom stereocenters. The van der Waals surface area contributed by atoms with Crippen molar-refractivity contribution in [2.45, 2.75) is 32.0 Å². The van der Waals surface area contributed by atoms with Crippen molar-refractivity contribution in [3.63, 3.8) is 0 Å². The molecule has 2 aliphatic heterocycles. The summed E-state index contributed by atoms with van der Waals surface area (Å²) in [6.07, 6.45) is -0.138. The number of carbonyl (C=O) groups excluding carboxylic acids is 2. The first-order valence-corrected chi connectivity index (χ1v) is 14.2. The van der Waals surface area contributed by atoms with Crippen LogP contribution in [-0.2, 0) is 4.79 Å². The molecule has 0 N–H and O–H groups in total. The molecule has 0 aromatic heterocycles. The van der Waals surface area contributed by atoms with Crippen LogP contribution in [0.3, 0.4) is 0 Å². The maximum Gasteiger partial charge on any atom is 0.326 e. The minimum absolute atomic E-state index is 0.0178. The number of urea groups is 1. The Morgan fingerprint density at radius 1 is 0.951 bits per heavy atom. The predicted octanol–water partition coefficient (Wildman–Crippen LogP) is 6.23. The van der Waals surface area contributed by atoms with Crippen molar-refractivity contribution in [2.24, 2.45) is 4.99 Å². The van der Waals surface area contributed by atoms with Gasteiger partial charge in [0.15, 0.2) is 0 Å². The summed E-state index contributed by atoms with van der Waals surface area (Å²) in [5.74, 6) is 1.48. The van der Waals surface area contributed by atoms with Gasteiger partial charge in [-0.05, 0) is 61.4 Å². The van der Waals surface area contributed by atoms with Crippen LogP contribution in [0.4, 0.5) is 4.79 Å². The first-order chi connectivity index (χ1) is 19.7. The normalized spacial score (nSPS) is 19.0. The molecule has 1 saturated heterocycles. The van der Waals surface area contributed by atoms with Gasteiger partial charge in [-0.1, -0.05) is 47.5 Å². The highest BCUT2D eigenvalue weighted by atomic mass is 35.5. The Balaban J connectivity index is 1.70. The van der Waals surface area contributed by atoms with Crippen LogP contribution in [0, 0.1) is 0 Å². The van der Waals surface area contributed by atoms with Gasteiger partial charge in [0.25, 0.3) is 0 Å². The molecule has 0 bridgehead atoms. The zero-order valence-electron chi connectivity index (χ0n) is 23.4. The lowest BCUT2D eigenvalue weighted by Crippen LogP contribution is -2.55. The maximum atomic E-state index is 14.5. The molecule has 214 valence electrons. The Kier molecular flexibility index (Phi) is 8.42. The van der Waals surface area contributed by atoms with E-state index in [1.807, 2.05) is 62.4 Å². The van der Waals surface area contributed by atoms with Gasteiger partial charge in [0, 0.05) is 36.2 Å². The summed E-state index contributed by atoms with van der Waals surface area (Å²) in [7, 11) is 3.33. The molecule has 8 nitrogen and oxygen atoms in total. The van der Waals surface area contributed by atoms with Gasteiger partial charge >= 0.3 is 6.03 Å². The lowest BCUT2D eigenvalue weighted by atomic mass is 9.93. The number of amides is 3. The molecule has 0 radical (unpaired) electrons. The van der Waals surface area contributed by atoms with E-state index in [1.54, 1.807) is 47.1 Å². The number of likely N-dealkylation sites (N-methyl/N-ethyl adjacent to an activating group) is 1. The molecule has 3 aromatic carbocycles. The van der Waals surface area contributed by atoms with E-state index in [-0.39, 0.29) is 24.6 Å². The molecule has 10 heteroatoms. The standard InChI is InChI=1S/C31H32Cl2N4O4/c1-19(2)41-26-17-24(40-4)13-14-25(26)30-34-28(20-5-9-22(32)10-6-20)29(21-7-11-23(33)12-8-21)37(30)31(39)36-16-15-35(3)27(38)18-36/h5-14,17,19,28-29H,15-16,18H2,1-4H3/t28-,29+/m1/s1. The number of aliphatic imine (C=N–C) groups is 1. The number of halogens is 2. The zero-order chi connectivity index (χ0) is 29.3. The summed E-state index contributed by atoms with van der Waals surface area (Å²) in [5, 5.41) is 1.19. The highest BCUT2D eigenvalue weighted by Gasteiger charge is 2.45. The number of ether oxygens (including phenoxy) is 2. The number of nitrogens with zero attached hydrogens (tertiary/aromatic N) is 4. The second-order valence-corrected chi connectivity index (χ2v) is 11.2. The average molecular weight is 596 g/mol. The van der Waals surface area contributed by atoms with Crippen LogP contribution >= 0.6 is 23.2 Å². The van der Waals surface area contributed by atoms with E-state index in [4.69, 9.17) is 37.7 Å². The fourth-order valence-electron chi connectivity index (χ4n) is 5.09. The Labute approximate surface area is 250 Å². The topological polar surface area (TPSA) is 74.7 Å². The van der Waals surface area contributed by atoms with Gasteiger partial charge in [0.1, 0.15) is 29.9 Å². The van der Waals surface area contributed by atoms with Crippen molar-refractivity contribution in [1.29, 1.82) is 0 Å². The minimum atomic E-state index is -0.528. The molecule has 1 fully saturated rings. The first kappa shape index (κ1) is 28.8. The zero-order valence-corrected chi connectivity index (χ0v) is 24.9. The monoisotopic (exact) mass is 594 g/mol. The summed E-state index contributed by atoms with van der Waals surface area (Å²) in [5.41, 5.74) is 2.38. The largest absolute Gasteiger partial charge is 0.497 e. The molecule has 3 aromatic rings. The van der Waals surface area contributed by atoms with Gasteiger partial charge in [0.2, 0.25) is 5.91 Å². The lowest BCUT2D eigenvalue weighted by molar-refractivity contribution is -0.133. The number of rotatable bonds is 6. The van der Waals surface area contributed by atoms with Crippen LogP contribution in [0.2, 0.25) is 10.0 Å². The van der Waals surface area contributed by atoms with Gasteiger partial charge in [-0.25, -0.2) is 4.79 Å². The number of hydrogen-bond donors (Lipinski definition) is 0. The van der Waals surface area contributed by atoms with Crippen molar-refractivity contribution < 1.29 is 19.1 Å².